The van der Waals surface area contributed by atoms with Gasteiger partial charge in [-0.2, -0.15) is 0 Å². The van der Waals surface area contributed by atoms with Crippen LogP contribution in [-0.4, -0.2) is 26.6 Å². The predicted octanol–water partition coefficient (Wildman–Crippen LogP) is 1.97. The maximum atomic E-state index is 6.22. The van der Waals surface area contributed by atoms with Crippen LogP contribution in [0.1, 0.15) is 0 Å². The third-order valence-corrected chi connectivity index (χ3v) is 11.4. The van der Waals surface area contributed by atoms with Crippen molar-refractivity contribution < 1.29 is 8.23 Å². The summed E-state index contributed by atoms with van der Waals surface area (Å²) < 4.78 is 12.2. The van der Waals surface area contributed by atoms with E-state index in [1.165, 1.54) is 5.19 Å². The van der Waals surface area contributed by atoms with Gasteiger partial charge < -0.3 is 8.23 Å². The molecule has 90 valence electrons. The zero-order valence-corrected chi connectivity index (χ0v) is 14.2. The van der Waals surface area contributed by atoms with Gasteiger partial charge in [-0.3, -0.25) is 0 Å². The van der Waals surface area contributed by atoms with Crippen molar-refractivity contribution in [1.82, 2.24) is 0 Å². The van der Waals surface area contributed by atoms with E-state index in [1.54, 1.807) is 0 Å². The second kappa shape index (κ2) is 5.92. The zero-order valence-electron chi connectivity index (χ0n) is 10.9. The second-order valence-electron chi connectivity index (χ2n) is 4.74. The van der Waals surface area contributed by atoms with E-state index in [9.17, 15) is 0 Å². The van der Waals surface area contributed by atoms with Crippen LogP contribution in [0.2, 0.25) is 32.7 Å². The molecule has 0 spiro atoms. The largest absolute Gasteiger partial charge is 0.440 e. The van der Waals surface area contributed by atoms with E-state index < -0.39 is 26.6 Å². The van der Waals surface area contributed by atoms with Gasteiger partial charge in [-0.25, -0.2) is 0 Å². The van der Waals surface area contributed by atoms with Crippen molar-refractivity contribution in [2.45, 2.75) is 32.7 Å². The molecule has 0 aliphatic carbocycles. The fourth-order valence-corrected chi connectivity index (χ4v) is 11.8. The Kier molecular flexibility index (Phi) is 5.13. The lowest BCUT2D eigenvalue weighted by Crippen LogP contribution is -2.46. The summed E-state index contributed by atoms with van der Waals surface area (Å²) in [5, 5.41) is 1.36. The molecule has 0 radical (unpaired) electrons. The Morgan fingerprint density at radius 1 is 0.938 bits per heavy atom. The molecule has 0 N–H and O–H groups in total. The highest BCUT2D eigenvalue weighted by atomic mass is 28.5. The van der Waals surface area contributed by atoms with E-state index in [2.05, 4.69) is 57.0 Å². The van der Waals surface area contributed by atoms with Gasteiger partial charge in [0.25, 0.3) is 0 Å². The number of hydrogen-bond donors (Lipinski definition) is 0. The molecule has 0 heterocycles. The first-order chi connectivity index (χ1) is 7.41. The summed E-state index contributed by atoms with van der Waals surface area (Å²) in [6.07, 6.45) is 0. The molecule has 0 aliphatic rings. The second-order valence-corrected chi connectivity index (χ2v) is 13.5. The minimum atomic E-state index is -1.89. The van der Waals surface area contributed by atoms with Gasteiger partial charge in [0.1, 0.15) is 0 Å². The van der Waals surface area contributed by atoms with Gasteiger partial charge in [-0.05, 0) is 37.9 Å². The summed E-state index contributed by atoms with van der Waals surface area (Å²) in [6, 6.07) is 10.5. The first-order valence-electron chi connectivity index (χ1n) is 5.81. The van der Waals surface area contributed by atoms with Crippen LogP contribution in [0.5, 0.6) is 0 Å². The molecule has 0 amide bonds. The average Bonchev–Trinajstić information content (AvgIpc) is 2.16. The molecule has 1 aromatic carbocycles. The van der Waals surface area contributed by atoms with Crippen molar-refractivity contribution in [3.8, 4) is 0 Å². The van der Waals surface area contributed by atoms with Crippen LogP contribution in [-0.2, 0) is 8.23 Å². The number of hydrogen-bond acceptors (Lipinski definition) is 2. The minimum Gasteiger partial charge on any atom is -0.440 e. The molecule has 0 fully saturated rings. The highest BCUT2D eigenvalue weighted by Crippen LogP contribution is 2.10. The third kappa shape index (κ3) is 4.75. The van der Waals surface area contributed by atoms with Gasteiger partial charge in [0, 0.05) is 0 Å². The Morgan fingerprint density at radius 2 is 1.50 bits per heavy atom. The van der Waals surface area contributed by atoms with Crippen molar-refractivity contribution in [2.24, 2.45) is 0 Å². The van der Waals surface area contributed by atoms with Crippen LogP contribution in [0.25, 0.3) is 0 Å². The van der Waals surface area contributed by atoms with Crippen molar-refractivity contribution >= 4 is 31.8 Å². The van der Waals surface area contributed by atoms with E-state index >= 15 is 0 Å². The van der Waals surface area contributed by atoms with Crippen LogP contribution < -0.4 is 5.19 Å². The van der Waals surface area contributed by atoms with Gasteiger partial charge in [0.2, 0.25) is 0 Å². The lowest BCUT2D eigenvalue weighted by atomic mass is 10.4. The molecular weight excluding hydrogens is 248 g/mol. The van der Waals surface area contributed by atoms with Crippen molar-refractivity contribution in [3.05, 3.63) is 30.3 Å². The van der Waals surface area contributed by atoms with Crippen LogP contribution in [0, 0.1) is 0 Å². The third-order valence-electron chi connectivity index (χ3n) is 2.25. The fourth-order valence-electron chi connectivity index (χ4n) is 1.81. The summed E-state index contributed by atoms with van der Waals surface area (Å²) in [4.78, 5) is 0. The van der Waals surface area contributed by atoms with Crippen LogP contribution in [0.15, 0.2) is 30.3 Å². The molecule has 5 heteroatoms. The van der Waals surface area contributed by atoms with E-state index in [4.69, 9.17) is 8.23 Å². The van der Waals surface area contributed by atoms with Crippen molar-refractivity contribution in [1.29, 1.82) is 0 Å². The molecule has 1 rings (SSSR count). The van der Waals surface area contributed by atoms with E-state index in [-0.39, 0.29) is 0 Å². The molecule has 0 aromatic heterocycles. The fraction of sp³-hybridized carbons (Fsp3) is 0.455. The summed E-state index contributed by atoms with van der Waals surface area (Å²) >= 11 is 0. The lowest BCUT2D eigenvalue weighted by Gasteiger charge is -2.29. The Labute approximate surface area is 103 Å². The van der Waals surface area contributed by atoms with Crippen LogP contribution in [0.3, 0.4) is 0 Å². The number of benzene rings is 1. The Balaban J connectivity index is 2.60. The van der Waals surface area contributed by atoms with Gasteiger partial charge in [-0.1, -0.05) is 30.3 Å². The molecule has 1 aromatic rings. The number of rotatable bonds is 5. The molecule has 16 heavy (non-hydrogen) atoms. The Morgan fingerprint density at radius 3 is 2.00 bits per heavy atom. The molecular formula is C11H22O2Si3. The molecule has 0 bridgehead atoms. The standard InChI is InChI=1S/C11H22O2Si3/c1-14(2)12-16(4,5)13-15(3)11-9-7-6-8-10-11/h6-10,14-15H,1-5H3. The summed E-state index contributed by atoms with van der Waals surface area (Å²) in [6.45, 7) is 11.0. The van der Waals surface area contributed by atoms with Crippen molar-refractivity contribution in [3.63, 3.8) is 0 Å². The monoisotopic (exact) mass is 270 g/mol. The Bertz CT molecular complexity index is 314. The summed E-state index contributed by atoms with van der Waals surface area (Å²) in [5.74, 6) is 0. The van der Waals surface area contributed by atoms with Gasteiger partial charge >= 0.3 is 8.56 Å². The van der Waals surface area contributed by atoms with Crippen molar-refractivity contribution in [2.75, 3.05) is 0 Å². The summed E-state index contributed by atoms with van der Waals surface area (Å²) in [7, 11) is -4.16. The molecule has 1 atom stereocenters. The molecule has 0 saturated carbocycles. The van der Waals surface area contributed by atoms with E-state index in [0.29, 0.717) is 0 Å². The smallest absolute Gasteiger partial charge is 0.311 e. The first kappa shape index (κ1) is 13.9. The SMILES string of the molecule is C[SiH](C)O[Si](C)(C)O[SiH](C)c1ccccc1. The molecule has 0 aliphatic heterocycles. The van der Waals surface area contributed by atoms with E-state index in [1.807, 2.05) is 6.07 Å². The predicted molar refractivity (Wildman–Crippen MR) is 77.6 cm³/mol. The maximum absolute atomic E-state index is 6.22. The van der Waals surface area contributed by atoms with Crippen LogP contribution in [0.4, 0.5) is 0 Å². The highest BCUT2D eigenvalue weighted by molar-refractivity contribution is 6.81. The van der Waals surface area contributed by atoms with Crippen LogP contribution >= 0.6 is 0 Å². The van der Waals surface area contributed by atoms with Gasteiger partial charge in [0.05, 0.1) is 0 Å². The quantitative estimate of drug-likeness (QED) is 0.762. The normalized spacial score (nSPS) is 14.1. The maximum Gasteiger partial charge on any atom is 0.311 e. The molecule has 0 saturated heterocycles. The molecule has 1 unspecified atom stereocenters. The van der Waals surface area contributed by atoms with Gasteiger partial charge in [-0.15, -0.1) is 0 Å². The minimum absolute atomic E-state index is 0.989. The zero-order chi connectivity index (χ0) is 12.2. The first-order valence-corrected chi connectivity index (χ1v) is 13.6. The average molecular weight is 271 g/mol. The summed E-state index contributed by atoms with van der Waals surface area (Å²) in [5.41, 5.74) is 0. The lowest BCUT2D eigenvalue weighted by molar-refractivity contribution is 0.417. The Hall–Kier alpha value is -0.209. The van der Waals surface area contributed by atoms with E-state index in [0.717, 1.165) is 0 Å². The van der Waals surface area contributed by atoms with Gasteiger partial charge in [0.15, 0.2) is 18.1 Å². The highest BCUT2D eigenvalue weighted by Gasteiger charge is 2.28. The molecule has 2 nitrogen and oxygen atoms in total. The topological polar surface area (TPSA) is 18.5 Å².